The van der Waals surface area contributed by atoms with Gasteiger partial charge in [-0.25, -0.2) is 4.98 Å². The molecule has 0 aliphatic heterocycles. The molecule has 10 heteroatoms. The summed E-state index contributed by atoms with van der Waals surface area (Å²) >= 11 is 2.98. The van der Waals surface area contributed by atoms with Gasteiger partial charge >= 0.3 is 0 Å². The second-order valence-electron chi connectivity index (χ2n) is 8.50. The van der Waals surface area contributed by atoms with Crippen molar-refractivity contribution in [3.05, 3.63) is 30.3 Å². The van der Waals surface area contributed by atoms with Crippen LogP contribution in [0, 0.1) is 11.8 Å². The average molecular weight is 467 g/mol. The molecule has 2 saturated carbocycles. The number of carbonyl (C=O) groups is 1. The van der Waals surface area contributed by atoms with E-state index in [2.05, 4.69) is 38.6 Å². The number of thiazole rings is 1. The van der Waals surface area contributed by atoms with E-state index in [0.717, 1.165) is 34.4 Å². The summed E-state index contributed by atoms with van der Waals surface area (Å²) in [5.41, 5.74) is 1.55. The van der Waals surface area contributed by atoms with Crippen molar-refractivity contribution in [1.82, 2.24) is 24.8 Å². The molecular formula is C22H22N6O2S2. The van der Waals surface area contributed by atoms with Crippen LogP contribution in [0.4, 0.5) is 5.13 Å². The molecule has 2 atom stereocenters. The molecule has 0 saturated heterocycles. The lowest BCUT2D eigenvalue weighted by atomic mass is 10.1. The second kappa shape index (κ2) is 8.00. The van der Waals surface area contributed by atoms with Gasteiger partial charge in [-0.2, -0.15) is 4.52 Å². The second-order valence-corrected chi connectivity index (χ2v) is 10.6. The molecule has 6 rings (SSSR count). The molecule has 3 heterocycles. The first-order chi connectivity index (χ1) is 15.6. The van der Waals surface area contributed by atoms with E-state index >= 15 is 0 Å². The van der Waals surface area contributed by atoms with Crippen molar-refractivity contribution in [2.24, 2.45) is 11.8 Å². The molecule has 2 unspecified atom stereocenters. The Kier molecular flexibility index (Phi) is 4.98. The fraction of sp³-hybridized carbons (Fsp3) is 0.409. The summed E-state index contributed by atoms with van der Waals surface area (Å²) in [6.07, 6.45) is 5.65. The number of nitrogens with one attached hydrogen (secondary N) is 1. The maximum atomic E-state index is 12.0. The lowest BCUT2D eigenvalue weighted by molar-refractivity contribution is -0.117. The summed E-state index contributed by atoms with van der Waals surface area (Å²) in [4.78, 5) is 17.6. The lowest BCUT2D eigenvalue weighted by Gasteiger charge is -2.16. The van der Waals surface area contributed by atoms with Crippen LogP contribution in [0.15, 0.2) is 40.4 Å². The van der Waals surface area contributed by atoms with E-state index in [0.29, 0.717) is 27.7 Å². The molecule has 8 nitrogen and oxygen atoms in total. The summed E-state index contributed by atoms with van der Waals surface area (Å²) in [6.45, 7) is 2.23. The molecule has 0 spiro atoms. The summed E-state index contributed by atoms with van der Waals surface area (Å²) in [7, 11) is 0. The molecule has 1 aromatic carbocycles. The Balaban J connectivity index is 1.23. The standard InChI is InChI=1S/C22H22N6O2S2/c1-12-3-2-4-16(12)30-19-10-9-18-25-26-22(28(18)27-19)31-14-7-8-15-17(11-14)32-21(23-15)24-20(29)13-5-6-13/h7-13,16H,2-6H2,1H3,(H,23,24,29). The smallest absolute Gasteiger partial charge is 0.232 e. The molecule has 0 radical (unpaired) electrons. The Hall–Kier alpha value is -2.72. The van der Waals surface area contributed by atoms with Gasteiger partial charge in [0, 0.05) is 16.9 Å². The number of rotatable bonds is 6. The largest absolute Gasteiger partial charge is 0.473 e. The van der Waals surface area contributed by atoms with E-state index in [9.17, 15) is 4.79 Å². The van der Waals surface area contributed by atoms with E-state index < -0.39 is 0 Å². The van der Waals surface area contributed by atoms with Crippen molar-refractivity contribution in [2.45, 2.75) is 55.2 Å². The number of hydrogen-bond donors (Lipinski definition) is 1. The van der Waals surface area contributed by atoms with Crippen LogP contribution in [0.25, 0.3) is 15.9 Å². The number of amides is 1. The fourth-order valence-corrected chi connectivity index (χ4v) is 5.81. The van der Waals surface area contributed by atoms with E-state index in [1.165, 1.54) is 35.9 Å². The van der Waals surface area contributed by atoms with Crippen LogP contribution in [-0.4, -0.2) is 36.8 Å². The summed E-state index contributed by atoms with van der Waals surface area (Å²) in [6, 6.07) is 9.78. The molecule has 2 fully saturated rings. The van der Waals surface area contributed by atoms with Gasteiger partial charge in [0.25, 0.3) is 0 Å². The van der Waals surface area contributed by atoms with Gasteiger partial charge < -0.3 is 10.1 Å². The third kappa shape index (κ3) is 3.93. The van der Waals surface area contributed by atoms with Gasteiger partial charge in [0.1, 0.15) is 6.10 Å². The molecule has 0 bridgehead atoms. The van der Waals surface area contributed by atoms with E-state index in [4.69, 9.17) is 4.74 Å². The van der Waals surface area contributed by atoms with Gasteiger partial charge in [-0.1, -0.05) is 18.3 Å². The highest BCUT2D eigenvalue weighted by Crippen LogP contribution is 2.35. The highest BCUT2D eigenvalue weighted by Gasteiger charge is 2.30. The first-order valence-corrected chi connectivity index (χ1v) is 12.5. The monoisotopic (exact) mass is 466 g/mol. The average Bonchev–Trinajstić information content (AvgIpc) is 3.30. The summed E-state index contributed by atoms with van der Waals surface area (Å²) in [5, 5.41) is 17.5. The maximum absolute atomic E-state index is 12.0. The Morgan fingerprint density at radius 3 is 2.91 bits per heavy atom. The minimum absolute atomic E-state index is 0.0738. The van der Waals surface area contributed by atoms with Crippen LogP contribution in [0.2, 0.25) is 0 Å². The minimum Gasteiger partial charge on any atom is -0.473 e. The normalized spacial score (nSPS) is 20.8. The van der Waals surface area contributed by atoms with Gasteiger partial charge in [-0.3, -0.25) is 4.79 Å². The Bertz CT molecular complexity index is 1310. The van der Waals surface area contributed by atoms with E-state index in [1.54, 1.807) is 4.52 Å². The maximum Gasteiger partial charge on any atom is 0.232 e. The van der Waals surface area contributed by atoms with Crippen molar-refractivity contribution in [1.29, 1.82) is 0 Å². The Morgan fingerprint density at radius 2 is 2.09 bits per heavy atom. The molecule has 2 aliphatic carbocycles. The molecule has 2 aliphatic rings. The van der Waals surface area contributed by atoms with E-state index in [-0.39, 0.29) is 17.9 Å². The third-order valence-corrected chi connectivity index (χ3v) is 7.87. The Labute approximate surface area is 192 Å². The van der Waals surface area contributed by atoms with Gasteiger partial charge in [-0.15, -0.1) is 15.3 Å². The SMILES string of the molecule is CC1CCCC1Oc1ccc2nnc(Sc3ccc4nc(NC(=O)C5CC5)sc4c3)n2n1. The van der Waals surface area contributed by atoms with Crippen LogP contribution >= 0.6 is 23.1 Å². The van der Waals surface area contributed by atoms with E-state index in [1.807, 2.05) is 24.3 Å². The number of ether oxygens (including phenoxy) is 1. The van der Waals surface area contributed by atoms with Crippen LogP contribution in [-0.2, 0) is 4.79 Å². The van der Waals surface area contributed by atoms with Crippen molar-refractivity contribution in [3.8, 4) is 5.88 Å². The molecule has 1 amide bonds. The number of hydrogen-bond acceptors (Lipinski definition) is 8. The molecule has 4 aromatic rings. The summed E-state index contributed by atoms with van der Waals surface area (Å²) < 4.78 is 8.90. The molecule has 1 N–H and O–H groups in total. The molecule has 32 heavy (non-hydrogen) atoms. The van der Waals surface area contributed by atoms with Gasteiger partial charge in [-0.05, 0) is 74.0 Å². The first-order valence-electron chi connectivity index (χ1n) is 10.9. The lowest BCUT2D eigenvalue weighted by Crippen LogP contribution is -2.20. The van der Waals surface area contributed by atoms with Crippen molar-refractivity contribution in [2.75, 3.05) is 5.32 Å². The predicted octanol–water partition coefficient (Wildman–Crippen LogP) is 4.80. The zero-order valence-electron chi connectivity index (χ0n) is 17.5. The number of anilines is 1. The number of fused-ring (bicyclic) bond motifs is 2. The Morgan fingerprint density at radius 1 is 1.19 bits per heavy atom. The van der Waals surface area contributed by atoms with Crippen LogP contribution in [0.1, 0.15) is 39.0 Å². The predicted molar refractivity (Wildman–Crippen MR) is 123 cm³/mol. The molecular weight excluding hydrogens is 444 g/mol. The topological polar surface area (TPSA) is 94.3 Å². The fourth-order valence-electron chi connectivity index (χ4n) is 4.00. The van der Waals surface area contributed by atoms with Crippen molar-refractivity contribution < 1.29 is 9.53 Å². The summed E-state index contributed by atoms with van der Waals surface area (Å²) in [5.74, 6) is 1.39. The number of carbonyl (C=O) groups excluding carboxylic acids is 1. The minimum atomic E-state index is 0.0738. The quantitative estimate of drug-likeness (QED) is 0.436. The van der Waals surface area contributed by atoms with Gasteiger partial charge in [0.05, 0.1) is 10.2 Å². The third-order valence-electron chi connectivity index (χ3n) is 6.01. The number of benzene rings is 1. The highest BCUT2D eigenvalue weighted by atomic mass is 32.2. The number of aromatic nitrogens is 5. The van der Waals surface area contributed by atoms with Crippen molar-refractivity contribution in [3.63, 3.8) is 0 Å². The van der Waals surface area contributed by atoms with Crippen LogP contribution in [0.5, 0.6) is 5.88 Å². The zero-order chi connectivity index (χ0) is 21.7. The highest BCUT2D eigenvalue weighted by molar-refractivity contribution is 7.99. The molecule has 164 valence electrons. The van der Waals surface area contributed by atoms with Crippen molar-refractivity contribution >= 4 is 50.0 Å². The van der Waals surface area contributed by atoms with Gasteiger partial charge in [0.2, 0.25) is 16.9 Å². The van der Waals surface area contributed by atoms with Gasteiger partial charge in [0.15, 0.2) is 10.8 Å². The number of nitrogens with zero attached hydrogens (tertiary/aromatic N) is 5. The van der Waals surface area contributed by atoms with Crippen LogP contribution < -0.4 is 10.1 Å². The first kappa shape index (κ1) is 19.9. The zero-order valence-corrected chi connectivity index (χ0v) is 19.2. The van der Waals surface area contributed by atoms with Crippen LogP contribution in [0.3, 0.4) is 0 Å². The molecule has 3 aromatic heterocycles.